The lowest BCUT2D eigenvalue weighted by atomic mass is 9.81. The van der Waals surface area contributed by atoms with Gasteiger partial charge in [-0.2, -0.15) is 0 Å². The van der Waals surface area contributed by atoms with Crippen LogP contribution in [-0.4, -0.2) is 25.0 Å². The summed E-state index contributed by atoms with van der Waals surface area (Å²) in [5.74, 6) is 0.112. The first-order valence-electron chi connectivity index (χ1n) is 5.71. The van der Waals surface area contributed by atoms with Crippen molar-refractivity contribution >= 4 is 11.8 Å². The summed E-state index contributed by atoms with van der Waals surface area (Å²) in [4.78, 5) is 22.3. The predicted octanol–water partition coefficient (Wildman–Crippen LogP) is 1.84. The zero-order chi connectivity index (χ0) is 11.8. The molecule has 0 aromatic carbocycles. The fraction of sp³-hybridized carbons (Fsp3) is 0.667. The van der Waals surface area contributed by atoms with Crippen LogP contribution in [0, 0.1) is 5.92 Å². The standard InChI is InChI=1S/C12H18O4/c1-2-16-12(14)7-9-15-8-6-11(13)10-4-3-5-10/h7,9-10H,2-6,8H2,1H3. The molecule has 0 heterocycles. The molecule has 4 heteroatoms. The van der Waals surface area contributed by atoms with Gasteiger partial charge in [-0.15, -0.1) is 0 Å². The quantitative estimate of drug-likeness (QED) is 0.288. The Morgan fingerprint density at radius 2 is 2.12 bits per heavy atom. The Kier molecular flexibility index (Phi) is 5.61. The van der Waals surface area contributed by atoms with Crippen molar-refractivity contribution in [2.45, 2.75) is 32.6 Å². The summed E-state index contributed by atoms with van der Waals surface area (Å²) in [6.45, 7) is 2.43. The summed E-state index contributed by atoms with van der Waals surface area (Å²) >= 11 is 0. The van der Waals surface area contributed by atoms with E-state index in [2.05, 4.69) is 4.74 Å². The number of ketones is 1. The molecule has 0 bridgehead atoms. The number of hydrogen-bond donors (Lipinski definition) is 0. The Hall–Kier alpha value is -1.32. The van der Waals surface area contributed by atoms with E-state index in [1.807, 2.05) is 0 Å². The number of esters is 1. The van der Waals surface area contributed by atoms with Crippen molar-refractivity contribution in [3.8, 4) is 0 Å². The molecule has 0 aromatic rings. The van der Waals surface area contributed by atoms with Crippen LogP contribution in [0.5, 0.6) is 0 Å². The summed E-state index contributed by atoms with van der Waals surface area (Å²) in [5.41, 5.74) is 0. The van der Waals surface area contributed by atoms with Crippen LogP contribution >= 0.6 is 0 Å². The van der Waals surface area contributed by atoms with Gasteiger partial charge < -0.3 is 9.47 Å². The van der Waals surface area contributed by atoms with E-state index in [4.69, 9.17) is 4.74 Å². The molecule has 90 valence electrons. The fourth-order valence-corrected chi connectivity index (χ4v) is 1.46. The third kappa shape index (κ3) is 4.47. The van der Waals surface area contributed by atoms with Gasteiger partial charge in [0.1, 0.15) is 5.78 Å². The van der Waals surface area contributed by atoms with E-state index in [1.54, 1.807) is 6.92 Å². The Morgan fingerprint density at radius 3 is 2.69 bits per heavy atom. The zero-order valence-electron chi connectivity index (χ0n) is 9.61. The van der Waals surface area contributed by atoms with Crippen molar-refractivity contribution in [3.63, 3.8) is 0 Å². The van der Waals surface area contributed by atoms with Crippen LogP contribution in [0.2, 0.25) is 0 Å². The first-order valence-corrected chi connectivity index (χ1v) is 5.71. The van der Waals surface area contributed by atoms with Crippen molar-refractivity contribution < 1.29 is 19.1 Å². The number of carbonyl (C=O) groups excluding carboxylic acids is 2. The molecule has 0 saturated heterocycles. The molecule has 1 fully saturated rings. The van der Waals surface area contributed by atoms with E-state index < -0.39 is 5.97 Å². The van der Waals surface area contributed by atoms with E-state index in [-0.39, 0.29) is 11.7 Å². The Morgan fingerprint density at radius 1 is 1.38 bits per heavy atom. The highest BCUT2D eigenvalue weighted by Gasteiger charge is 2.24. The molecule has 16 heavy (non-hydrogen) atoms. The van der Waals surface area contributed by atoms with Gasteiger partial charge in [0.15, 0.2) is 0 Å². The minimum absolute atomic E-state index is 0.262. The molecule has 0 amide bonds. The maximum absolute atomic E-state index is 11.4. The summed E-state index contributed by atoms with van der Waals surface area (Å²) in [5, 5.41) is 0. The molecule has 0 radical (unpaired) electrons. The van der Waals surface area contributed by atoms with Crippen molar-refractivity contribution in [2.24, 2.45) is 5.92 Å². The van der Waals surface area contributed by atoms with Crippen molar-refractivity contribution in [3.05, 3.63) is 12.3 Å². The van der Waals surface area contributed by atoms with Crippen LogP contribution < -0.4 is 0 Å². The maximum atomic E-state index is 11.4. The summed E-state index contributed by atoms with van der Waals surface area (Å²) in [7, 11) is 0. The lowest BCUT2D eigenvalue weighted by Crippen LogP contribution is -2.22. The summed E-state index contributed by atoms with van der Waals surface area (Å²) in [6, 6.07) is 0. The van der Waals surface area contributed by atoms with E-state index >= 15 is 0 Å². The van der Waals surface area contributed by atoms with Crippen molar-refractivity contribution in [2.75, 3.05) is 13.2 Å². The van der Waals surface area contributed by atoms with Gasteiger partial charge in [0.05, 0.1) is 25.6 Å². The Labute approximate surface area is 95.6 Å². The maximum Gasteiger partial charge on any atom is 0.333 e. The van der Waals surface area contributed by atoms with Crippen LogP contribution in [-0.2, 0) is 19.1 Å². The van der Waals surface area contributed by atoms with Gasteiger partial charge in [0, 0.05) is 12.3 Å². The molecule has 0 unspecified atom stereocenters. The lowest BCUT2D eigenvalue weighted by molar-refractivity contribution is -0.137. The number of ether oxygens (including phenoxy) is 2. The van der Waals surface area contributed by atoms with Gasteiger partial charge in [-0.25, -0.2) is 4.79 Å². The first-order chi connectivity index (χ1) is 7.74. The molecule has 0 spiro atoms. The predicted molar refractivity (Wildman–Crippen MR) is 58.7 cm³/mol. The minimum Gasteiger partial charge on any atom is -0.500 e. The van der Waals surface area contributed by atoms with Gasteiger partial charge in [-0.1, -0.05) is 6.42 Å². The van der Waals surface area contributed by atoms with Crippen LogP contribution in [0.15, 0.2) is 12.3 Å². The first kappa shape index (κ1) is 12.7. The molecule has 1 saturated carbocycles. The highest BCUT2D eigenvalue weighted by Crippen LogP contribution is 2.27. The highest BCUT2D eigenvalue weighted by molar-refractivity contribution is 5.82. The molecule has 4 nitrogen and oxygen atoms in total. The molecule has 1 aliphatic rings. The monoisotopic (exact) mass is 226 g/mol. The fourth-order valence-electron chi connectivity index (χ4n) is 1.46. The topological polar surface area (TPSA) is 52.6 Å². The summed E-state index contributed by atoms with van der Waals surface area (Å²) in [6.07, 6.45) is 6.15. The van der Waals surface area contributed by atoms with Gasteiger partial charge >= 0.3 is 5.97 Å². The average molecular weight is 226 g/mol. The molecule has 0 aromatic heterocycles. The average Bonchev–Trinajstić information content (AvgIpc) is 2.14. The SMILES string of the molecule is CCOC(=O)C=COCCC(=O)C1CCC1. The normalized spacial score (nSPS) is 15.8. The van der Waals surface area contributed by atoms with Gasteiger partial charge in [0.25, 0.3) is 0 Å². The minimum atomic E-state index is -0.423. The second-order valence-corrected chi connectivity index (χ2v) is 3.77. The van der Waals surface area contributed by atoms with Gasteiger partial charge in [-0.05, 0) is 19.8 Å². The van der Waals surface area contributed by atoms with Crippen LogP contribution in [0.3, 0.4) is 0 Å². The molecular formula is C12H18O4. The molecule has 1 aliphatic carbocycles. The largest absolute Gasteiger partial charge is 0.500 e. The second kappa shape index (κ2) is 7.04. The Balaban J connectivity index is 2.02. The third-order valence-corrected chi connectivity index (χ3v) is 2.61. The van der Waals surface area contributed by atoms with Crippen LogP contribution in [0.25, 0.3) is 0 Å². The van der Waals surface area contributed by atoms with E-state index in [1.165, 1.54) is 18.8 Å². The van der Waals surface area contributed by atoms with Crippen molar-refractivity contribution in [1.29, 1.82) is 0 Å². The van der Waals surface area contributed by atoms with Crippen LogP contribution in [0.4, 0.5) is 0 Å². The molecule has 0 N–H and O–H groups in total. The number of rotatable bonds is 7. The van der Waals surface area contributed by atoms with Crippen LogP contribution in [0.1, 0.15) is 32.6 Å². The van der Waals surface area contributed by atoms with Crippen molar-refractivity contribution in [1.82, 2.24) is 0 Å². The molecule has 0 aliphatic heterocycles. The molecule has 0 atom stereocenters. The number of carbonyl (C=O) groups is 2. The molecule has 1 rings (SSSR count). The van der Waals surface area contributed by atoms with Gasteiger partial charge in [-0.3, -0.25) is 4.79 Å². The third-order valence-electron chi connectivity index (χ3n) is 2.61. The zero-order valence-corrected chi connectivity index (χ0v) is 9.61. The van der Waals surface area contributed by atoms with Gasteiger partial charge in [0.2, 0.25) is 0 Å². The number of Topliss-reactive ketones (excluding diaryl/α,β-unsaturated/α-hetero) is 1. The van der Waals surface area contributed by atoms with E-state index in [0.717, 1.165) is 12.8 Å². The molecular weight excluding hydrogens is 208 g/mol. The summed E-state index contributed by atoms with van der Waals surface area (Å²) < 4.78 is 9.70. The number of hydrogen-bond acceptors (Lipinski definition) is 4. The smallest absolute Gasteiger partial charge is 0.333 e. The highest BCUT2D eigenvalue weighted by atomic mass is 16.5. The second-order valence-electron chi connectivity index (χ2n) is 3.77. The van der Waals surface area contributed by atoms with E-state index in [0.29, 0.717) is 19.6 Å². The lowest BCUT2D eigenvalue weighted by Gasteiger charge is -2.23. The van der Waals surface area contributed by atoms with E-state index in [9.17, 15) is 9.59 Å². The Bertz CT molecular complexity index is 266.